The summed E-state index contributed by atoms with van der Waals surface area (Å²) in [4.78, 5) is 4.20. The largest absolute Gasteiger partial charge is 0.360 e. The van der Waals surface area contributed by atoms with Crippen molar-refractivity contribution in [1.29, 1.82) is 0 Å². The van der Waals surface area contributed by atoms with Crippen molar-refractivity contribution in [2.45, 2.75) is 6.92 Å². The second-order valence-electron chi connectivity index (χ2n) is 1.91. The third-order valence-corrected chi connectivity index (χ3v) is 2.10. The summed E-state index contributed by atoms with van der Waals surface area (Å²) in [5.74, 6) is 0.624. The molecule has 0 aliphatic carbocycles. The lowest BCUT2D eigenvalue weighted by Crippen LogP contribution is -2.01. The average Bonchev–Trinajstić information content (AvgIpc) is 2.31. The molecule has 0 bridgehead atoms. The fourth-order valence-corrected chi connectivity index (χ4v) is 1.40. The van der Waals surface area contributed by atoms with Crippen molar-refractivity contribution in [2.75, 3.05) is 17.7 Å². The molecule has 1 aromatic rings. The van der Waals surface area contributed by atoms with Crippen LogP contribution in [0.1, 0.15) is 5.69 Å². The van der Waals surface area contributed by atoms with E-state index in [1.807, 2.05) is 12.3 Å². The normalized spacial score (nSPS) is 9.80. The van der Waals surface area contributed by atoms with Crippen molar-refractivity contribution in [3.63, 3.8) is 0 Å². The highest BCUT2D eigenvalue weighted by molar-refractivity contribution is 7.13. The number of nitrogens with zero attached hydrogens (tertiary/aromatic N) is 1. The molecule has 1 aromatic heterocycles. The summed E-state index contributed by atoms with van der Waals surface area (Å²) in [5, 5.41) is 6.06. The molecule has 0 unspecified atom stereocenters. The van der Waals surface area contributed by atoms with Gasteiger partial charge in [-0.15, -0.1) is 22.9 Å². The molecule has 0 aliphatic rings. The molecule has 1 N–H and O–H groups in total. The quantitative estimate of drug-likeness (QED) is 0.714. The van der Waals surface area contributed by atoms with Gasteiger partial charge in [0.05, 0.1) is 5.69 Å². The zero-order chi connectivity index (χ0) is 7.40. The van der Waals surface area contributed by atoms with Gasteiger partial charge in [-0.1, -0.05) is 0 Å². The summed E-state index contributed by atoms with van der Waals surface area (Å²) in [6.45, 7) is 2.76. The Balaban J connectivity index is 2.42. The zero-order valence-electron chi connectivity index (χ0n) is 5.72. The highest BCUT2D eigenvalue weighted by Gasteiger charge is 1.94. The van der Waals surface area contributed by atoms with Crippen LogP contribution in [0.2, 0.25) is 0 Å². The van der Waals surface area contributed by atoms with E-state index < -0.39 is 0 Å². The van der Waals surface area contributed by atoms with Crippen LogP contribution in [0.15, 0.2) is 5.38 Å². The standard InChI is InChI=1S/C6H9ClN2S/c1-5-4-10-6(9-5)8-3-2-7/h4H,2-3H2,1H3,(H,8,9). The lowest BCUT2D eigenvalue weighted by molar-refractivity contribution is 1.17. The summed E-state index contributed by atoms with van der Waals surface area (Å²) in [7, 11) is 0. The van der Waals surface area contributed by atoms with Gasteiger partial charge in [-0.3, -0.25) is 0 Å². The Morgan fingerprint density at radius 1 is 1.80 bits per heavy atom. The van der Waals surface area contributed by atoms with Crippen LogP contribution in [0.25, 0.3) is 0 Å². The molecule has 0 amide bonds. The van der Waals surface area contributed by atoms with Crippen molar-refractivity contribution in [1.82, 2.24) is 4.98 Å². The Labute approximate surface area is 69.2 Å². The number of hydrogen-bond donors (Lipinski definition) is 1. The van der Waals surface area contributed by atoms with Crippen LogP contribution in [0.5, 0.6) is 0 Å². The van der Waals surface area contributed by atoms with Crippen molar-refractivity contribution < 1.29 is 0 Å². The third kappa shape index (κ3) is 2.15. The number of alkyl halides is 1. The van der Waals surface area contributed by atoms with Crippen LogP contribution in [-0.4, -0.2) is 17.4 Å². The Hall–Kier alpha value is -0.280. The van der Waals surface area contributed by atoms with Crippen molar-refractivity contribution >= 4 is 28.1 Å². The molecule has 0 aliphatic heterocycles. The van der Waals surface area contributed by atoms with Crippen LogP contribution in [0.4, 0.5) is 5.13 Å². The number of hydrogen-bond acceptors (Lipinski definition) is 3. The van der Waals surface area contributed by atoms with Crippen LogP contribution in [0, 0.1) is 6.92 Å². The summed E-state index contributed by atoms with van der Waals surface area (Å²) in [5.41, 5.74) is 1.06. The molecule has 10 heavy (non-hydrogen) atoms. The van der Waals surface area contributed by atoms with Crippen molar-refractivity contribution in [3.8, 4) is 0 Å². The fraction of sp³-hybridized carbons (Fsp3) is 0.500. The lowest BCUT2D eigenvalue weighted by Gasteiger charge is -1.95. The van der Waals surface area contributed by atoms with Crippen LogP contribution >= 0.6 is 22.9 Å². The average molecular weight is 177 g/mol. The van der Waals surface area contributed by atoms with E-state index in [9.17, 15) is 0 Å². The van der Waals surface area contributed by atoms with Crippen molar-refractivity contribution in [2.24, 2.45) is 0 Å². The Morgan fingerprint density at radius 2 is 2.60 bits per heavy atom. The molecular weight excluding hydrogens is 168 g/mol. The molecule has 0 fully saturated rings. The van der Waals surface area contributed by atoms with E-state index in [2.05, 4.69) is 10.3 Å². The molecule has 0 saturated heterocycles. The second kappa shape index (κ2) is 3.78. The molecule has 0 atom stereocenters. The fourth-order valence-electron chi connectivity index (χ4n) is 0.589. The molecule has 4 heteroatoms. The molecule has 2 nitrogen and oxygen atoms in total. The molecule has 1 heterocycles. The summed E-state index contributed by atoms with van der Waals surface area (Å²) in [6.07, 6.45) is 0. The van der Waals surface area contributed by atoms with E-state index in [0.717, 1.165) is 17.4 Å². The van der Waals surface area contributed by atoms with Crippen LogP contribution in [0.3, 0.4) is 0 Å². The topological polar surface area (TPSA) is 24.9 Å². The molecule has 56 valence electrons. The first-order chi connectivity index (χ1) is 4.83. The van der Waals surface area contributed by atoms with Gasteiger partial charge in [0.1, 0.15) is 0 Å². The minimum Gasteiger partial charge on any atom is -0.360 e. The van der Waals surface area contributed by atoms with Gasteiger partial charge >= 0.3 is 0 Å². The van der Waals surface area contributed by atoms with Gasteiger partial charge in [0.2, 0.25) is 0 Å². The Morgan fingerprint density at radius 3 is 3.10 bits per heavy atom. The summed E-state index contributed by atoms with van der Waals surface area (Å²) in [6, 6.07) is 0. The molecule has 0 saturated carbocycles. The van der Waals surface area contributed by atoms with Gasteiger partial charge < -0.3 is 5.32 Å². The molecule has 0 spiro atoms. The van der Waals surface area contributed by atoms with E-state index >= 15 is 0 Å². The number of aromatic nitrogens is 1. The molecule has 0 radical (unpaired) electrons. The van der Waals surface area contributed by atoms with Crippen molar-refractivity contribution in [3.05, 3.63) is 11.1 Å². The number of rotatable bonds is 3. The maximum absolute atomic E-state index is 5.47. The second-order valence-corrected chi connectivity index (χ2v) is 3.15. The van der Waals surface area contributed by atoms with Crippen LogP contribution in [-0.2, 0) is 0 Å². The first-order valence-corrected chi connectivity index (χ1v) is 4.46. The number of anilines is 1. The van der Waals surface area contributed by atoms with Gasteiger partial charge in [0.25, 0.3) is 0 Å². The minimum atomic E-state index is 0.624. The molecule has 0 aromatic carbocycles. The first-order valence-electron chi connectivity index (χ1n) is 3.05. The predicted molar refractivity (Wildman–Crippen MR) is 46.1 cm³/mol. The maximum atomic E-state index is 5.47. The molecular formula is C6H9ClN2S. The number of nitrogens with one attached hydrogen (secondary N) is 1. The zero-order valence-corrected chi connectivity index (χ0v) is 7.30. The van der Waals surface area contributed by atoms with E-state index in [-0.39, 0.29) is 0 Å². The highest BCUT2D eigenvalue weighted by Crippen LogP contribution is 2.13. The predicted octanol–water partition coefficient (Wildman–Crippen LogP) is 2.10. The number of aryl methyl sites for hydroxylation is 1. The van der Waals surface area contributed by atoms with E-state index in [4.69, 9.17) is 11.6 Å². The Bertz CT molecular complexity index is 199. The third-order valence-electron chi connectivity index (χ3n) is 0.990. The van der Waals surface area contributed by atoms with Gasteiger partial charge in [-0.2, -0.15) is 0 Å². The first kappa shape index (κ1) is 7.82. The monoisotopic (exact) mass is 176 g/mol. The van der Waals surface area contributed by atoms with Gasteiger partial charge in [-0.25, -0.2) is 4.98 Å². The van der Waals surface area contributed by atoms with Gasteiger partial charge in [0, 0.05) is 17.8 Å². The molecule has 1 rings (SSSR count). The number of halogens is 1. The summed E-state index contributed by atoms with van der Waals surface area (Å²) >= 11 is 7.08. The Kier molecular flexibility index (Phi) is 2.96. The van der Waals surface area contributed by atoms with Gasteiger partial charge in [0.15, 0.2) is 5.13 Å². The van der Waals surface area contributed by atoms with Gasteiger partial charge in [-0.05, 0) is 6.92 Å². The highest BCUT2D eigenvalue weighted by atomic mass is 35.5. The lowest BCUT2D eigenvalue weighted by atomic mass is 10.6. The minimum absolute atomic E-state index is 0.624. The van der Waals surface area contributed by atoms with Crippen LogP contribution < -0.4 is 5.32 Å². The van der Waals surface area contributed by atoms with E-state index in [1.54, 1.807) is 11.3 Å². The number of thiazole rings is 1. The summed E-state index contributed by atoms with van der Waals surface area (Å²) < 4.78 is 0. The maximum Gasteiger partial charge on any atom is 0.182 e. The SMILES string of the molecule is Cc1csc(NCCCl)n1. The van der Waals surface area contributed by atoms with E-state index in [0.29, 0.717) is 5.88 Å². The smallest absolute Gasteiger partial charge is 0.182 e. The van der Waals surface area contributed by atoms with E-state index in [1.165, 1.54) is 0 Å².